The van der Waals surface area contributed by atoms with Crippen LogP contribution in [0, 0.1) is 0 Å². The molecular formula is C29H28ClNO4S. The molecule has 0 aromatic heterocycles. The minimum absolute atomic E-state index is 0.109. The molecule has 4 aromatic rings. The molecule has 0 saturated carbocycles. The molecule has 0 spiro atoms. The van der Waals surface area contributed by atoms with Gasteiger partial charge in [0.1, 0.15) is 10.6 Å². The number of para-hydroxylation sites is 1. The molecule has 5 nitrogen and oxygen atoms in total. The summed E-state index contributed by atoms with van der Waals surface area (Å²) in [5, 5.41) is 21.4. The SMILES string of the molecule is O=S(=O)(c1ccc(CCN(Cc2ccccc2)C[C@H](O)c2cccc(Cl)c2)cc1)c1ccccc1O. The molecule has 0 fully saturated rings. The zero-order chi connectivity index (χ0) is 25.5. The Morgan fingerprint density at radius 2 is 1.50 bits per heavy atom. The molecule has 0 heterocycles. The van der Waals surface area contributed by atoms with Crippen molar-refractivity contribution in [3.8, 4) is 5.75 Å². The number of hydrogen-bond acceptors (Lipinski definition) is 5. The molecule has 0 aliphatic carbocycles. The summed E-state index contributed by atoms with van der Waals surface area (Å²) in [7, 11) is -3.81. The van der Waals surface area contributed by atoms with Crippen molar-refractivity contribution in [1.29, 1.82) is 0 Å². The van der Waals surface area contributed by atoms with Crippen LogP contribution in [0.4, 0.5) is 0 Å². The summed E-state index contributed by atoms with van der Waals surface area (Å²) in [5.74, 6) is -0.267. The van der Waals surface area contributed by atoms with Crippen LogP contribution in [0.15, 0.2) is 113 Å². The molecule has 4 rings (SSSR count). The van der Waals surface area contributed by atoms with E-state index in [4.69, 9.17) is 11.6 Å². The van der Waals surface area contributed by atoms with E-state index in [-0.39, 0.29) is 15.5 Å². The Labute approximate surface area is 217 Å². The molecule has 0 unspecified atom stereocenters. The lowest BCUT2D eigenvalue weighted by atomic mass is 10.1. The zero-order valence-corrected chi connectivity index (χ0v) is 21.2. The van der Waals surface area contributed by atoms with Crippen molar-refractivity contribution < 1.29 is 18.6 Å². The van der Waals surface area contributed by atoms with Crippen molar-refractivity contribution in [2.45, 2.75) is 28.9 Å². The van der Waals surface area contributed by atoms with Gasteiger partial charge in [-0.1, -0.05) is 78.3 Å². The van der Waals surface area contributed by atoms with E-state index in [0.717, 1.165) is 16.7 Å². The molecule has 36 heavy (non-hydrogen) atoms. The molecule has 0 radical (unpaired) electrons. The van der Waals surface area contributed by atoms with Crippen LogP contribution in [0.3, 0.4) is 0 Å². The number of aliphatic hydroxyl groups is 1. The van der Waals surface area contributed by atoms with E-state index in [1.807, 2.05) is 30.3 Å². The van der Waals surface area contributed by atoms with Gasteiger partial charge in [-0.15, -0.1) is 0 Å². The highest BCUT2D eigenvalue weighted by atomic mass is 35.5. The highest BCUT2D eigenvalue weighted by Gasteiger charge is 2.21. The highest BCUT2D eigenvalue weighted by molar-refractivity contribution is 7.91. The van der Waals surface area contributed by atoms with E-state index < -0.39 is 15.9 Å². The summed E-state index contributed by atoms with van der Waals surface area (Å²) in [6.45, 7) is 1.76. The van der Waals surface area contributed by atoms with Crippen LogP contribution >= 0.6 is 11.6 Å². The lowest BCUT2D eigenvalue weighted by molar-refractivity contribution is 0.109. The van der Waals surface area contributed by atoms with Crippen LogP contribution in [0.5, 0.6) is 5.75 Å². The number of aromatic hydroxyl groups is 1. The van der Waals surface area contributed by atoms with Gasteiger partial charge >= 0.3 is 0 Å². The van der Waals surface area contributed by atoms with E-state index in [9.17, 15) is 18.6 Å². The quantitative estimate of drug-likeness (QED) is 0.282. The van der Waals surface area contributed by atoms with E-state index in [1.54, 1.807) is 48.5 Å². The van der Waals surface area contributed by atoms with Gasteiger partial charge in [-0.3, -0.25) is 4.90 Å². The first-order valence-corrected chi connectivity index (χ1v) is 13.5. The number of rotatable bonds is 10. The molecule has 2 N–H and O–H groups in total. The molecule has 186 valence electrons. The third kappa shape index (κ3) is 6.53. The lowest BCUT2D eigenvalue weighted by Crippen LogP contribution is -2.30. The van der Waals surface area contributed by atoms with Crippen molar-refractivity contribution >= 4 is 21.4 Å². The molecule has 7 heteroatoms. The summed E-state index contributed by atoms with van der Waals surface area (Å²) in [6, 6.07) is 29.9. The van der Waals surface area contributed by atoms with Gasteiger partial charge in [0.2, 0.25) is 9.84 Å². The Hall–Kier alpha value is -3.16. The Bertz CT molecular complexity index is 1390. The van der Waals surface area contributed by atoms with Crippen molar-refractivity contribution in [2.24, 2.45) is 0 Å². The van der Waals surface area contributed by atoms with E-state index in [2.05, 4.69) is 17.0 Å². The number of phenolic OH excluding ortho intramolecular Hbond substituents is 1. The minimum atomic E-state index is -3.81. The fourth-order valence-corrected chi connectivity index (χ4v) is 5.62. The van der Waals surface area contributed by atoms with E-state index >= 15 is 0 Å². The molecule has 0 amide bonds. The number of benzene rings is 4. The Balaban J connectivity index is 1.47. The first kappa shape index (κ1) is 25.9. The number of nitrogens with zero attached hydrogens (tertiary/aromatic N) is 1. The van der Waals surface area contributed by atoms with E-state index in [0.29, 0.717) is 31.1 Å². The summed E-state index contributed by atoms with van der Waals surface area (Å²) in [6.07, 6.45) is -0.0232. The third-order valence-corrected chi connectivity index (χ3v) is 8.07. The summed E-state index contributed by atoms with van der Waals surface area (Å²) in [5.41, 5.74) is 2.88. The number of hydrogen-bond donors (Lipinski definition) is 2. The second-order valence-electron chi connectivity index (χ2n) is 8.66. The Kier molecular flexibility index (Phi) is 8.44. The van der Waals surface area contributed by atoms with Gasteiger partial charge in [-0.05, 0) is 59.5 Å². The van der Waals surface area contributed by atoms with Gasteiger partial charge in [0.15, 0.2) is 0 Å². The minimum Gasteiger partial charge on any atom is -0.507 e. The van der Waals surface area contributed by atoms with Crippen molar-refractivity contribution in [2.75, 3.05) is 13.1 Å². The average molecular weight is 522 g/mol. The van der Waals surface area contributed by atoms with Crippen LogP contribution < -0.4 is 0 Å². The number of halogens is 1. The smallest absolute Gasteiger partial charge is 0.210 e. The van der Waals surface area contributed by atoms with Crippen LogP contribution in [0.25, 0.3) is 0 Å². The molecule has 0 aliphatic rings. The number of sulfone groups is 1. The first-order valence-electron chi connectivity index (χ1n) is 11.6. The average Bonchev–Trinajstić information content (AvgIpc) is 2.88. The largest absolute Gasteiger partial charge is 0.507 e. The first-order chi connectivity index (χ1) is 17.3. The predicted molar refractivity (Wildman–Crippen MR) is 142 cm³/mol. The van der Waals surface area contributed by atoms with Gasteiger partial charge in [-0.25, -0.2) is 8.42 Å². The lowest BCUT2D eigenvalue weighted by Gasteiger charge is -2.25. The van der Waals surface area contributed by atoms with Gasteiger partial charge in [0, 0.05) is 24.7 Å². The maximum Gasteiger partial charge on any atom is 0.210 e. The monoisotopic (exact) mass is 521 g/mol. The molecule has 4 aromatic carbocycles. The summed E-state index contributed by atoms with van der Waals surface area (Å²) < 4.78 is 25.8. The maximum absolute atomic E-state index is 12.9. The molecule has 0 aliphatic heterocycles. The summed E-state index contributed by atoms with van der Waals surface area (Å²) in [4.78, 5) is 2.19. The fourth-order valence-electron chi connectivity index (χ4n) is 4.07. The van der Waals surface area contributed by atoms with Gasteiger partial charge in [-0.2, -0.15) is 0 Å². The van der Waals surface area contributed by atoms with Crippen LogP contribution in [0.1, 0.15) is 22.8 Å². The van der Waals surface area contributed by atoms with Gasteiger partial charge < -0.3 is 10.2 Å². The second kappa shape index (κ2) is 11.7. The molecule has 0 saturated heterocycles. The number of phenols is 1. The second-order valence-corrected chi connectivity index (χ2v) is 11.0. The van der Waals surface area contributed by atoms with Crippen molar-refractivity contribution in [1.82, 2.24) is 4.90 Å². The Morgan fingerprint density at radius 1 is 0.806 bits per heavy atom. The molecule has 0 bridgehead atoms. The highest BCUT2D eigenvalue weighted by Crippen LogP contribution is 2.28. The molecule has 1 atom stereocenters. The topological polar surface area (TPSA) is 77.8 Å². The standard InChI is InChI=1S/C29H28ClNO4S/c30-25-10-6-9-24(19-25)28(33)21-31(20-23-7-2-1-3-8-23)18-17-22-13-15-26(16-14-22)36(34,35)29-12-5-4-11-27(29)32/h1-16,19,28,32-33H,17-18,20-21H2/t28-/m0/s1. The number of aliphatic hydroxyl groups excluding tert-OH is 1. The van der Waals surface area contributed by atoms with Crippen molar-refractivity contribution in [3.63, 3.8) is 0 Å². The summed E-state index contributed by atoms with van der Waals surface area (Å²) >= 11 is 6.11. The fraction of sp³-hybridized carbons (Fsp3) is 0.172. The normalized spacial score (nSPS) is 12.5. The zero-order valence-electron chi connectivity index (χ0n) is 19.7. The van der Waals surface area contributed by atoms with Gasteiger partial charge in [0.05, 0.1) is 11.0 Å². The van der Waals surface area contributed by atoms with Crippen LogP contribution in [-0.2, 0) is 22.8 Å². The predicted octanol–water partition coefficient (Wildman–Crippen LogP) is 5.66. The van der Waals surface area contributed by atoms with E-state index in [1.165, 1.54) is 12.1 Å². The van der Waals surface area contributed by atoms with Crippen LogP contribution in [0.2, 0.25) is 5.02 Å². The van der Waals surface area contributed by atoms with Gasteiger partial charge in [0.25, 0.3) is 0 Å². The Morgan fingerprint density at radius 3 is 2.19 bits per heavy atom. The molecular weight excluding hydrogens is 494 g/mol. The van der Waals surface area contributed by atoms with Crippen molar-refractivity contribution in [3.05, 3.63) is 125 Å². The van der Waals surface area contributed by atoms with Crippen LogP contribution in [-0.4, -0.2) is 36.6 Å². The third-order valence-electron chi connectivity index (χ3n) is 6.02. The maximum atomic E-state index is 12.9.